The molecule has 4 unspecified atom stereocenters. The monoisotopic (exact) mass is 916 g/mol. The van der Waals surface area contributed by atoms with Gasteiger partial charge in [0, 0.05) is 0 Å². The Hall–Kier alpha value is 6.14. The molecule has 0 N–H and O–H groups in total. The average Bonchev–Trinajstić information content (AvgIpc) is 2.23. The SMILES string of the molecule is P.P.PPP.[CH3][Sn][CH3].[CH3][Sn][CH3].[CH3][Sn][CH3].[CH3][Sn][CH3].[CH3][Sn][CH3]. The Morgan fingerprint density at radius 3 is 0.450 bits per heavy atom. The molecule has 0 aliphatic heterocycles. The summed E-state index contributed by atoms with van der Waals surface area (Å²) in [6.07, 6.45) is 0. The van der Waals surface area contributed by atoms with Crippen LogP contribution >= 0.6 is 45.6 Å². The third-order valence-corrected chi connectivity index (χ3v) is 0. The maximum atomic E-state index is 2.57. The molecule has 4 atom stereocenters. The first kappa shape index (κ1) is 50.2. The van der Waals surface area contributed by atoms with Crippen LogP contribution in [-0.2, 0) is 0 Å². The van der Waals surface area contributed by atoms with Gasteiger partial charge < -0.3 is 0 Å². The van der Waals surface area contributed by atoms with Crippen molar-refractivity contribution in [2.45, 2.75) is 49.4 Å². The number of rotatable bonds is 0. The van der Waals surface area contributed by atoms with Crippen LogP contribution in [0.25, 0.3) is 0 Å². The summed E-state index contributed by atoms with van der Waals surface area (Å²) in [4.78, 5) is 23.0. The second kappa shape index (κ2) is 99.4. The summed E-state index contributed by atoms with van der Waals surface area (Å²) in [5, 5.41) is 0. The molecule has 0 bridgehead atoms. The Morgan fingerprint density at radius 2 is 0.450 bits per heavy atom. The molecule has 0 aromatic carbocycles. The van der Waals surface area contributed by atoms with E-state index >= 15 is 0 Å². The van der Waals surface area contributed by atoms with E-state index in [0.29, 0.717) is 0 Å². The Kier molecular flexibility index (Phi) is 250. The van der Waals surface area contributed by atoms with E-state index in [2.05, 4.69) is 67.3 Å². The molecule has 0 rings (SSSR count). The molecular weight excluding hydrogens is 869 g/mol. The van der Waals surface area contributed by atoms with Crippen molar-refractivity contribution >= 4 is 151 Å². The molecule has 0 spiro atoms. The summed E-state index contributed by atoms with van der Waals surface area (Å²) in [5.74, 6) is 0. The fourth-order valence-electron chi connectivity index (χ4n) is 0. The molecule has 0 aromatic heterocycles. The molecule has 0 fully saturated rings. The van der Waals surface area contributed by atoms with Crippen LogP contribution < -0.4 is 0 Å². The van der Waals surface area contributed by atoms with E-state index in [1.807, 2.05) is 0 Å². The van der Waals surface area contributed by atoms with Crippen LogP contribution in [0.5, 0.6) is 0 Å². The van der Waals surface area contributed by atoms with Gasteiger partial charge in [-0.1, -0.05) is 7.96 Å². The first-order valence-electron chi connectivity index (χ1n) is 5.58. The minimum atomic E-state index is 0. The van der Waals surface area contributed by atoms with Crippen molar-refractivity contribution in [3.63, 3.8) is 0 Å². The zero-order chi connectivity index (χ0) is 16.2. The Bertz CT molecular complexity index is 45.5. The molecule has 10 radical (unpaired) electrons. The van der Waals surface area contributed by atoms with E-state index in [9.17, 15) is 0 Å². The third kappa shape index (κ3) is 343. The summed E-state index contributed by atoms with van der Waals surface area (Å²) >= 11 is 1.15. The van der Waals surface area contributed by atoms with Gasteiger partial charge >= 0.3 is 155 Å². The van der Waals surface area contributed by atoms with Crippen molar-refractivity contribution in [1.29, 1.82) is 0 Å². The first-order chi connectivity index (χ1) is 8.49. The predicted molar refractivity (Wildman–Crippen MR) is 137 cm³/mol. The molecule has 10 heteroatoms. The molecule has 20 heavy (non-hydrogen) atoms. The van der Waals surface area contributed by atoms with Gasteiger partial charge in [0.05, 0.1) is 0 Å². The van der Waals surface area contributed by atoms with Crippen molar-refractivity contribution < 1.29 is 0 Å². The Morgan fingerprint density at radius 1 is 0.450 bits per heavy atom. The van der Waals surface area contributed by atoms with E-state index in [1.165, 1.54) is 0 Å². The van der Waals surface area contributed by atoms with Gasteiger partial charge in [-0.15, -0.1) is 17.9 Å². The van der Waals surface area contributed by atoms with Crippen molar-refractivity contribution in [3.05, 3.63) is 0 Å². The standard InChI is InChI=1S/10CH3.H5P3.2H3P.5Sn/c;;;;;;;;;;1-3-2;;;;;;;/h10*1H3;3H,1-2H2;2*1H3;;;;;. The van der Waals surface area contributed by atoms with E-state index in [1.54, 1.807) is 0 Å². The molecule has 0 saturated carbocycles. The predicted octanol–water partition coefficient (Wildman–Crippen LogP) is 5.30. The van der Waals surface area contributed by atoms with Crippen LogP contribution in [0.15, 0.2) is 0 Å². The molecule has 126 valence electrons. The van der Waals surface area contributed by atoms with Crippen LogP contribution in [0.4, 0.5) is 0 Å². The second-order valence-electron chi connectivity index (χ2n) is 2.67. The summed E-state index contributed by atoms with van der Waals surface area (Å²) in [7, 11) is 6.06. The molecule has 0 aliphatic carbocycles. The van der Waals surface area contributed by atoms with Crippen molar-refractivity contribution in [2.24, 2.45) is 0 Å². The number of hydrogen-bond acceptors (Lipinski definition) is 0. The normalized spacial score (nSPS) is 5.40. The van der Waals surface area contributed by atoms with Crippen molar-refractivity contribution in [1.82, 2.24) is 0 Å². The van der Waals surface area contributed by atoms with Crippen LogP contribution in [-0.4, -0.2) is 106 Å². The van der Waals surface area contributed by atoms with Gasteiger partial charge in [0.2, 0.25) is 0 Å². The van der Waals surface area contributed by atoms with Gasteiger partial charge in [-0.05, 0) is 0 Å². The fourth-order valence-corrected chi connectivity index (χ4v) is 0. The summed E-state index contributed by atoms with van der Waals surface area (Å²) in [6, 6.07) is 0. The van der Waals surface area contributed by atoms with Crippen LogP contribution in [0.3, 0.4) is 0 Å². The third-order valence-electron chi connectivity index (χ3n) is 0. The van der Waals surface area contributed by atoms with Crippen LogP contribution in [0.2, 0.25) is 49.4 Å². The van der Waals surface area contributed by atoms with Gasteiger partial charge in [-0.25, -0.2) is 0 Å². The van der Waals surface area contributed by atoms with Gasteiger partial charge in [0.25, 0.3) is 0 Å². The van der Waals surface area contributed by atoms with Gasteiger partial charge in [0.1, 0.15) is 0 Å². The van der Waals surface area contributed by atoms with Gasteiger partial charge in [-0.3, -0.25) is 0 Å². The molecule has 0 aromatic rings. The Labute approximate surface area is 197 Å². The molecule has 0 heterocycles. The average molecular weight is 910 g/mol. The van der Waals surface area contributed by atoms with Crippen molar-refractivity contribution in [2.75, 3.05) is 0 Å². The van der Waals surface area contributed by atoms with E-state index in [4.69, 9.17) is 0 Å². The molecule has 0 amide bonds. The first-order valence-corrected chi connectivity index (χ1v) is 38.7. The summed E-state index contributed by atoms with van der Waals surface area (Å²) in [6.45, 7) is 0. The van der Waals surface area contributed by atoms with Gasteiger partial charge in [0.15, 0.2) is 0 Å². The quantitative estimate of drug-likeness (QED) is 0.229. The summed E-state index contributed by atoms with van der Waals surface area (Å²) in [5.41, 5.74) is 0. The van der Waals surface area contributed by atoms with Gasteiger partial charge in [-0.2, -0.15) is 19.8 Å². The van der Waals surface area contributed by atoms with Crippen LogP contribution in [0.1, 0.15) is 0 Å². The van der Waals surface area contributed by atoms with Crippen molar-refractivity contribution in [3.8, 4) is 0 Å². The molecule has 0 aliphatic rings. The molecular formula is C10H41P5Sn5. The van der Waals surface area contributed by atoms with E-state index in [-0.39, 0.29) is 126 Å². The zero-order valence-electron chi connectivity index (χ0n) is 15.6. The van der Waals surface area contributed by atoms with E-state index in [0.717, 1.165) is 7.96 Å². The maximum absolute atomic E-state index is 2.57. The second-order valence-corrected chi connectivity index (χ2v) is 21.3. The van der Waals surface area contributed by atoms with Crippen LogP contribution in [0, 0.1) is 0 Å². The summed E-state index contributed by atoms with van der Waals surface area (Å²) < 4.78 is 0. The Balaban J connectivity index is -0.0000000141. The topological polar surface area (TPSA) is 0 Å². The minimum absolute atomic E-state index is 0. The molecule has 0 nitrogen and oxygen atoms in total. The van der Waals surface area contributed by atoms with E-state index < -0.39 is 0 Å². The molecule has 0 saturated heterocycles. The fraction of sp³-hybridized carbons (Fsp3) is 1.00. The zero-order valence-corrected chi connectivity index (χ0v) is 36.0. The number of hydrogen-bond donors (Lipinski definition) is 0.